The van der Waals surface area contributed by atoms with Gasteiger partial charge in [0.05, 0.1) is 12.7 Å². The van der Waals surface area contributed by atoms with Gasteiger partial charge in [0.15, 0.2) is 0 Å². The molecule has 4 nitrogen and oxygen atoms in total. The Morgan fingerprint density at radius 2 is 1.81 bits per heavy atom. The van der Waals surface area contributed by atoms with Gasteiger partial charge in [-0.3, -0.25) is 0 Å². The van der Waals surface area contributed by atoms with Gasteiger partial charge in [-0.1, -0.05) is 42.5 Å². The zero-order chi connectivity index (χ0) is 15.1. The van der Waals surface area contributed by atoms with E-state index in [9.17, 15) is 4.79 Å². The Bertz CT molecular complexity index is 567. The molecule has 0 unspecified atom stereocenters. The molecule has 4 heteroatoms. The van der Waals surface area contributed by atoms with Crippen LogP contribution in [0.3, 0.4) is 0 Å². The van der Waals surface area contributed by atoms with Crippen molar-refractivity contribution < 1.29 is 9.53 Å². The number of esters is 1. The van der Waals surface area contributed by atoms with E-state index < -0.39 is 0 Å². The van der Waals surface area contributed by atoms with Crippen LogP contribution >= 0.6 is 0 Å². The molecule has 0 aromatic heterocycles. The first kappa shape index (κ1) is 15.2. The van der Waals surface area contributed by atoms with E-state index in [4.69, 9.17) is 5.73 Å². The average molecular weight is 284 g/mol. The molecular formula is C17H20N2O2. The van der Waals surface area contributed by atoms with Crippen molar-refractivity contribution in [2.45, 2.75) is 12.6 Å². The van der Waals surface area contributed by atoms with Crippen LogP contribution in [0.5, 0.6) is 0 Å². The molecule has 0 radical (unpaired) electrons. The fraction of sp³-hybridized carbons (Fsp3) is 0.235. The Labute approximate surface area is 124 Å². The topological polar surface area (TPSA) is 64.3 Å². The predicted molar refractivity (Wildman–Crippen MR) is 82.9 cm³/mol. The summed E-state index contributed by atoms with van der Waals surface area (Å²) in [6.45, 7) is 1.41. The maximum Gasteiger partial charge on any atom is 0.337 e. The molecule has 0 aliphatic heterocycles. The Morgan fingerprint density at radius 3 is 2.43 bits per heavy atom. The molecule has 0 saturated carbocycles. The number of methoxy groups -OCH3 is 1. The number of rotatable bonds is 6. The van der Waals surface area contributed by atoms with Gasteiger partial charge < -0.3 is 15.8 Å². The van der Waals surface area contributed by atoms with E-state index >= 15 is 0 Å². The highest BCUT2D eigenvalue weighted by Gasteiger charge is 2.06. The second-order valence-electron chi connectivity index (χ2n) is 4.84. The highest BCUT2D eigenvalue weighted by atomic mass is 16.5. The summed E-state index contributed by atoms with van der Waals surface area (Å²) < 4.78 is 4.67. The van der Waals surface area contributed by atoms with Gasteiger partial charge in [-0.2, -0.15) is 0 Å². The molecule has 0 saturated heterocycles. The lowest BCUT2D eigenvalue weighted by molar-refractivity contribution is 0.0600. The summed E-state index contributed by atoms with van der Waals surface area (Å²) in [5, 5.41) is 3.32. The van der Waals surface area contributed by atoms with Crippen molar-refractivity contribution >= 4 is 5.97 Å². The molecule has 0 bridgehead atoms. The van der Waals surface area contributed by atoms with Gasteiger partial charge in [0.1, 0.15) is 0 Å². The average Bonchev–Trinajstić information content (AvgIpc) is 2.55. The summed E-state index contributed by atoms with van der Waals surface area (Å²) in [6.07, 6.45) is 0. The minimum atomic E-state index is -0.319. The maximum absolute atomic E-state index is 11.3. The van der Waals surface area contributed by atoms with Crippen molar-refractivity contribution in [1.82, 2.24) is 5.32 Å². The smallest absolute Gasteiger partial charge is 0.337 e. The van der Waals surface area contributed by atoms with Crippen molar-refractivity contribution in [2.75, 3.05) is 13.7 Å². The van der Waals surface area contributed by atoms with Gasteiger partial charge in [-0.25, -0.2) is 4.79 Å². The zero-order valence-corrected chi connectivity index (χ0v) is 12.1. The number of carbonyl (C=O) groups excluding carboxylic acids is 1. The number of carbonyl (C=O) groups is 1. The quantitative estimate of drug-likeness (QED) is 0.799. The molecule has 0 amide bonds. The molecule has 1 atom stereocenters. The SMILES string of the molecule is COC(=O)c1ccc(CNC[C@@H](N)c2ccccc2)cc1. The van der Waals surface area contributed by atoms with E-state index in [1.165, 1.54) is 7.11 Å². The van der Waals surface area contributed by atoms with Crippen molar-refractivity contribution in [1.29, 1.82) is 0 Å². The van der Waals surface area contributed by atoms with Crippen molar-refractivity contribution in [3.05, 3.63) is 71.3 Å². The Morgan fingerprint density at radius 1 is 1.14 bits per heavy atom. The lowest BCUT2D eigenvalue weighted by Gasteiger charge is -2.13. The number of nitrogens with one attached hydrogen (secondary N) is 1. The second kappa shape index (κ2) is 7.57. The number of ether oxygens (including phenoxy) is 1. The van der Waals surface area contributed by atoms with Crippen LogP contribution in [0.15, 0.2) is 54.6 Å². The number of hydrogen-bond donors (Lipinski definition) is 2. The van der Waals surface area contributed by atoms with Crippen LogP contribution in [0.2, 0.25) is 0 Å². The Balaban J connectivity index is 1.82. The van der Waals surface area contributed by atoms with Crippen LogP contribution in [0.1, 0.15) is 27.5 Å². The third-order valence-corrected chi connectivity index (χ3v) is 3.30. The molecule has 3 N–H and O–H groups in total. The van der Waals surface area contributed by atoms with E-state index in [1.54, 1.807) is 12.1 Å². The molecule has 21 heavy (non-hydrogen) atoms. The van der Waals surface area contributed by atoms with Gasteiger partial charge in [0.2, 0.25) is 0 Å². The molecule has 0 aliphatic carbocycles. The van der Waals surface area contributed by atoms with Crippen LogP contribution in [0, 0.1) is 0 Å². The van der Waals surface area contributed by atoms with Crippen LogP contribution < -0.4 is 11.1 Å². The van der Waals surface area contributed by atoms with Gasteiger partial charge in [0.25, 0.3) is 0 Å². The van der Waals surface area contributed by atoms with E-state index in [2.05, 4.69) is 10.1 Å². The Kier molecular flexibility index (Phi) is 5.49. The van der Waals surface area contributed by atoms with Gasteiger partial charge >= 0.3 is 5.97 Å². The summed E-state index contributed by atoms with van der Waals surface area (Å²) in [6, 6.07) is 17.3. The van der Waals surface area contributed by atoms with Gasteiger partial charge in [-0.15, -0.1) is 0 Å². The van der Waals surface area contributed by atoms with Crippen molar-refractivity contribution in [3.8, 4) is 0 Å². The third kappa shape index (κ3) is 4.41. The molecule has 0 aliphatic rings. The molecule has 2 aromatic carbocycles. The zero-order valence-electron chi connectivity index (χ0n) is 12.1. The first-order valence-electron chi connectivity index (χ1n) is 6.89. The third-order valence-electron chi connectivity index (χ3n) is 3.30. The molecule has 110 valence electrons. The van der Waals surface area contributed by atoms with Crippen molar-refractivity contribution in [2.24, 2.45) is 5.73 Å². The summed E-state index contributed by atoms with van der Waals surface area (Å²) >= 11 is 0. The lowest BCUT2D eigenvalue weighted by Crippen LogP contribution is -2.26. The normalized spacial score (nSPS) is 11.9. The first-order valence-corrected chi connectivity index (χ1v) is 6.89. The van der Waals surface area contributed by atoms with Crippen LogP contribution in [-0.2, 0) is 11.3 Å². The standard InChI is InChI=1S/C17H20N2O2/c1-21-17(20)15-9-7-13(8-10-15)11-19-12-16(18)14-5-3-2-4-6-14/h2-10,16,19H,11-12,18H2,1H3/t16-/m1/s1. The Hall–Kier alpha value is -2.17. The molecular weight excluding hydrogens is 264 g/mol. The molecule has 2 aromatic rings. The summed E-state index contributed by atoms with van der Waals surface area (Å²) in [5.74, 6) is -0.319. The number of hydrogen-bond acceptors (Lipinski definition) is 4. The number of nitrogens with two attached hydrogens (primary N) is 1. The lowest BCUT2D eigenvalue weighted by atomic mass is 10.1. The molecule has 0 heterocycles. The van der Waals surface area contributed by atoms with E-state index in [-0.39, 0.29) is 12.0 Å². The van der Waals surface area contributed by atoms with Crippen LogP contribution in [0.4, 0.5) is 0 Å². The highest BCUT2D eigenvalue weighted by Crippen LogP contribution is 2.09. The van der Waals surface area contributed by atoms with E-state index in [0.29, 0.717) is 18.7 Å². The fourth-order valence-corrected chi connectivity index (χ4v) is 2.07. The van der Waals surface area contributed by atoms with Gasteiger partial charge in [0, 0.05) is 19.1 Å². The fourth-order valence-electron chi connectivity index (χ4n) is 2.07. The highest BCUT2D eigenvalue weighted by molar-refractivity contribution is 5.89. The number of benzene rings is 2. The van der Waals surface area contributed by atoms with E-state index in [1.807, 2.05) is 42.5 Å². The van der Waals surface area contributed by atoms with Crippen LogP contribution in [-0.4, -0.2) is 19.6 Å². The minimum Gasteiger partial charge on any atom is -0.465 e. The monoisotopic (exact) mass is 284 g/mol. The first-order chi connectivity index (χ1) is 10.2. The van der Waals surface area contributed by atoms with E-state index in [0.717, 1.165) is 11.1 Å². The predicted octanol–water partition coefficient (Wildman–Crippen LogP) is 2.26. The van der Waals surface area contributed by atoms with Crippen LogP contribution in [0.25, 0.3) is 0 Å². The summed E-state index contributed by atoms with van der Waals surface area (Å²) in [4.78, 5) is 11.3. The second-order valence-corrected chi connectivity index (χ2v) is 4.84. The summed E-state index contributed by atoms with van der Waals surface area (Å²) in [5.41, 5.74) is 8.89. The minimum absolute atomic E-state index is 0.0273. The maximum atomic E-state index is 11.3. The molecule has 0 fully saturated rings. The van der Waals surface area contributed by atoms with Crippen molar-refractivity contribution in [3.63, 3.8) is 0 Å². The largest absolute Gasteiger partial charge is 0.465 e. The van der Waals surface area contributed by atoms with Gasteiger partial charge in [-0.05, 0) is 23.3 Å². The molecule has 2 rings (SSSR count). The summed E-state index contributed by atoms with van der Waals surface area (Å²) in [7, 11) is 1.38. The molecule has 0 spiro atoms.